The molecule has 0 spiro atoms. The van der Waals surface area contributed by atoms with Crippen LogP contribution in [0.4, 0.5) is 0 Å². The molecule has 0 saturated heterocycles. The minimum atomic E-state index is 0.597. The topological polar surface area (TPSA) is 12.5 Å². The van der Waals surface area contributed by atoms with Crippen LogP contribution in [0.2, 0.25) is 0 Å². The maximum absolute atomic E-state index is 5.87. The molecule has 2 aromatic rings. The fourth-order valence-electron chi connectivity index (χ4n) is 2.15. The average Bonchev–Trinajstić information content (AvgIpc) is 2.47. The van der Waals surface area contributed by atoms with Gasteiger partial charge in [-0.15, -0.1) is 0 Å². The normalized spacial score (nSPS) is 10.9. The van der Waals surface area contributed by atoms with Crippen LogP contribution < -0.4 is 4.74 Å². The Morgan fingerprint density at radius 2 is 1.76 bits per heavy atom. The predicted octanol–water partition coefficient (Wildman–Crippen LogP) is 4.52. The van der Waals surface area contributed by atoms with Crippen molar-refractivity contribution in [2.75, 3.05) is 20.6 Å². The van der Waals surface area contributed by atoms with Crippen LogP contribution in [-0.2, 0) is 13.0 Å². The average molecular weight is 348 g/mol. The molecule has 112 valence electrons. The van der Waals surface area contributed by atoms with Gasteiger partial charge in [0.25, 0.3) is 0 Å². The van der Waals surface area contributed by atoms with Crippen molar-refractivity contribution in [1.29, 1.82) is 0 Å². The largest absolute Gasteiger partial charge is 0.488 e. The lowest BCUT2D eigenvalue weighted by Gasteiger charge is -2.11. The van der Waals surface area contributed by atoms with Crippen molar-refractivity contribution < 1.29 is 4.74 Å². The molecule has 0 unspecified atom stereocenters. The summed E-state index contributed by atoms with van der Waals surface area (Å²) in [6.45, 7) is 1.71. The van der Waals surface area contributed by atoms with E-state index < -0.39 is 0 Å². The Balaban J connectivity index is 1.90. The molecule has 0 aromatic heterocycles. The van der Waals surface area contributed by atoms with Gasteiger partial charge in [0.1, 0.15) is 12.4 Å². The zero-order chi connectivity index (χ0) is 15.1. The summed E-state index contributed by atoms with van der Waals surface area (Å²) < 4.78 is 6.89. The van der Waals surface area contributed by atoms with Gasteiger partial charge < -0.3 is 9.64 Å². The molecule has 0 amide bonds. The van der Waals surface area contributed by atoms with E-state index in [4.69, 9.17) is 4.74 Å². The highest BCUT2D eigenvalue weighted by molar-refractivity contribution is 9.10. The lowest BCUT2D eigenvalue weighted by atomic mass is 10.1. The lowest BCUT2D eigenvalue weighted by Crippen LogP contribution is -2.13. The second-order valence-corrected chi connectivity index (χ2v) is 6.30. The molecule has 21 heavy (non-hydrogen) atoms. The van der Waals surface area contributed by atoms with Crippen molar-refractivity contribution in [1.82, 2.24) is 4.90 Å². The number of aryl methyl sites for hydroxylation is 1. The van der Waals surface area contributed by atoms with Crippen LogP contribution in [0.15, 0.2) is 53.0 Å². The maximum atomic E-state index is 5.87. The van der Waals surface area contributed by atoms with Crippen molar-refractivity contribution >= 4 is 15.9 Å². The van der Waals surface area contributed by atoms with E-state index in [9.17, 15) is 0 Å². The zero-order valence-electron chi connectivity index (χ0n) is 12.7. The summed E-state index contributed by atoms with van der Waals surface area (Å²) in [5.74, 6) is 0.898. The zero-order valence-corrected chi connectivity index (χ0v) is 14.3. The van der Waals surface area contributed by atoms with Gasteiger partial charge in [0.05, 0.1) is 4.47 Å². The lowest BCUT2D eigenvalue weighted by molar-refractivity contribution is 0.304. The smallest absolute Gasteiger partial charge is 0.134 e. The first-order valence-electron chi connectivity index (χ1n) is 7.25. The van der Waals surface area contributed by atoms with Gasteiger partial charge in [-0.3, -0.25) is 0 Å². The molecule has 2 nitrogen and oxygen atoms in total. The summed E-state index contributed by atoms with van der Waals surface area (Å²) in [4.78, 5) is 2.21. The second-order valence-electron chi connectivity index (χ2n) is 5.45. The highest BCUT2D eigenvalue weighted by atomic mass is 79.9. The first-order valence-corrected chi connectivity index (χ1v) is 8.04. The van der Waals surface area contributed by atoms with Crippen LogP contribution in [0.3, 0.4) is 0 Å². The minimum absolute atomic E-state index is 0.597. The van der Waals surface area contributed by atoms with Gasteiger partial charge in [0.15, 0.2) is 0 Å². The highest BCUT2D eigenvalue weighted by Crippen LogP contribution is 2.27. The Labute approximate surface area is 135 Å². The van der Waals surface area contributed by atoms with Crippen LogP contribution in [-0.4, -0.2) is 25.5 Å². The van der Waals surface area contributed by atoms with E-state index >= 15 is 0 Å². The van der Waals surface area contributed by atoms with Crippen molar-refractivity contribution in [3.05, 3.63) is 64.1 Å². The Kier molecular flexibility index (Phi) is 6.27. The van der Waals surface area contributed by atoms with Gasteiger partial charge in [-0.05, 0) is 72.7 Å². The fraction of sp³-hybridized carbons (Fsp3) is 0.333. The molecule has 0 bridgehead atoms. The SMILES string of the molecule is CN(C)CCCc1ccc(OCc2ccccc2)c(Br)c1. The summed E-state index contributed by atoms with van der Waals surface area (Å²) in [5, 5.41) is 0. The number of hydrogen-bond acceptors (Lipinski definition) is 2. The summed E-state index contributed by atoms with van der Waals surface area (Å²) >= 11 is 3.61. The fourth-order valence-corrected chi connectivity index (χ4v) is 2.69. The van der Waals surface area contributed by atoms with Gasteiger partial charge in [-0.25, -0.2) is 0 Å². The van der Waals surface area contributed by atoms with Crippen LogP contribution in [0.25, 0.3) is 0 Å². The van der Waals surface area contributed by atoms with Gasteiger partial charge in [-0.1, -0.05) is 36.4 Å². The monoisotopic (exact) mass is 347 g/mol. The quantitative estimate of drug-likeness (QED) is 0.729. The van der Waals surface area contributed by atoms with E-state index in [2.05, 4.69) is 65.3 Å². The molecule has 3 heteroatoms. The minimum Gasteiger partial charge on any atom is -0.488 e. The molecule has 0 heterocycles. The summed E-state index contributed by atoms with van der Waals surface area (Å²) in [6.07, 6.45) is 2.26. The molecular weight excluding hydrogens is 326 g/mol. The van der Waals surface area contributed by atoms with Crippen molar-refractivity contribution in [3.63, 3.8) is 0 Å². The maximum Gasteiger partial charge on any atom is 0.134 e. The molecule has 0 N–H and O–H groups in total. The summed E-state index contributed by atoms with van der Waals surface area (Å²) in [6, 6.07) is 16.6. The summed E-state index contributed by atoms with van der Waals surface area (Å²) in [7, 11) is 4.22. The third-order valence-corrected chi connectivity index (χ3v) is 3.92. The number of benzene rings is 2. The first-order chi connectivity index (χ1) is 10.1. The molecule has 0 atom stereocenters. The van der Waals surface area contributed by atoms with Gasteiger partial charge in [0, 0.05) is 0 Å². The molecule has 0 aliphatic rings. The molecule has 0 fully saturated rings. The molecular formula is C18H22BrNO. The number of halogens is 1. The van der Waals surface area contributed by atoms with Crippen LogP contribution in [0, 0.1) is 0 Å². The molecule has 0 aliphatic heterocycles. The van der Waals surface area contributed by atoms with E-state index in [1.165, 1.54) is 17.5 Å². The Morgan fingerprint density at radius 3 is 2.43 bits per heavy atom. The first kappa shape index (κ1) is 16.1. The molecule has 0 saturated carbocycles. The Bertz CT molecular complexity index is 554. The van der Waals surface area contributed by atoms with E-state index in [0.29, 0.717) is 6.61 Å². The third kappa shape index (κ3) is 5.52. The van der Waals surface area contributed by atoms with E-state index in [1.54, 1.807) is 0 Å². The van der Waals surface area contributed by atoms with Gasteiger partial charge >= 0.3 is 0 Å². The van der Waals surface area contributed by atoms with Crippen molar-refractivity contribution in [2.24, 2.45) is 0 Å². The second kappa shape index (κ2) is 8.20. The highest BCUT2D eigenvalue weighted by Gasteiger charge is 2.04. The van der Waals surface area contributed by atoms with E-state index in [1.807, 2.05) is 18.2 Å². The number of hydrogen-bond donors (Lipinski definition) is 0. The van der Waals surface area contributed by atoms with E-state index in [0.717, 1.165) is 23.2 Å². The standard InChI is InChI=1S/C18H22BrNO/c1-20(2)12-6-9-15-10-11-18(17(19)13-15)21-14-16-7-4-3-5-8-16/h3-5,7-8,10-11,13H,6,9,12,14H2,1-2H3. The van der Waals surface area contributed by atoms with E-state index in [-0.39, 0.29) is 0 Å². The van der Waals surface area contributed by atoms with Crippen molar-refractivity contribution in [3.8, 4) is 5.75 Å². The Morgan fingerprint density at radius 1 is 1.00 bits per heavy atom. The number of nitrogens with zero attached hydrogens (tertiary/aromatic N) is 1. The molecule has 0 aliphatic carbocycles. The Hall–Kier alpha value is -1.32. The third-order valence-electron chi connectivity index (χ3n) is 3.30. The molecule has 2 rings (SSSR count). The molecule has 2 aromatic carbocycles. The molecule has 0 radical (unpaired) electrons. The summed E-state index contributed by atoms with van der Waals surface area (Å²) in [5.41, 5.74) is 2.52. The van der Waals surface area contributed by atoms with Crippen LogP contribution in [0.5, 0.6) is 5.75 Å². The predicted molar refractivity (Wildman–Crippen MR) is 91.8 cm³/mol. The van der Waals surface area contributed by atoms with Gasteiger partial charge in [-0.2, -0.15) is 0 Å². The van der Waals surface area contributed by atoms with Crippen LogP contribution in [0.1, 0.15) is 17.5 Å². The number of ether oxygens (including phenoxy) is 1. The number of rotatable bonds is 7. The van der Waals surface area contributed by atoms with Crippen LogP contribution >= 0.6 is 15.9 Å². The van der Waals surface area contributed by atoms with Crippen molar-refractivity contribution in [2.45, 2.75) is 19.4 Å². The van der Waals surface area contributed by atoms with Gasteiger partial charge in [0.2, 0.25) is 0 Å².